The summed E-state index contributed by atoms with van der Waals surface area (Å²) in [5.74, 6) is -2.08. The van der Waals surface area contributed by atoms with Crippen molar-refractivity contribution >= 4 is 33.2 Å². The number of aliphatic carboxylic acids is 1. The highest BCUT2D eigenvalue weighted by Gasteiger charge is 2.29. The number of thiophene rings is 1. The van der Waals surface area contributed by atoms with Crippen LogP contribution in [0, 0.1) is 5.92 Å². The molecule has 0 saturated heterocycles. The molecule has 0 radical (unpaired) electrons. The van der Waals surface area contributed by atoms with Gasteiger partial charge in [-0.2, -0.15) is 4.72 Å². The Morgan fingerprint density at radius 1 is 1.36 bits per heavy atom. The normalized spacial score (nSPS) is 15.8. The minimum absolute atomic E-state index is 0.101. The Balaban J connectivity index is 2.75. The van der Waals surface area contributed by atoms with Gasteiger partial charge in [0.25, 0.3) is 10.0 Å². The molecule has 9 heteroatoms. The molecule has 1 amide bonds. The van der Waals surface area contributed by atoms with Crippen molar-refractivity contribution in [1.82, 2.24) is 10.0 Å². The molecule has 0 aliphatic rings. The predicted molar refractivity (Wildman–Crippen MR) is 83.1 cm³/mol. The van der Waals surface area contributed by atoms with Gasteiger partial charge in [0.1, 0.15) is 10.3 Å². The van der Waals surface area contributed by atoms with Gasteiger partial charge in [0, 0.05) is 0 Å². The Hall–Kier alpha value is -1.45. The molecule has 1 aromatic heterocycles. The van der Waals surface area contributed by atoms with Crippen molar-refractivity contribution < 1.29 is 23.1 Å². The van der Waals surface area contributed by atoms with Crippen LogP contribution in [0.5, 0.6) is 0 Å². The van der Waals surface area contributed by atoms with E-state index in [1.807, 2.05) is 6.92 Å². The van der Waals surface area contributed by atoms with Crippen molar-refractivity contribution in [3.8, 4) is 0 Å². The lowest BCUT2D eigenvalue weighted by Gasteiger charge is -2.22. The van der Waals surface area contributed by atoms with Crippen LogP contribution in [0.2, 0.25) is 0 Å². The molecule has 7 nitrogen and oxygen atoms in total. The second kappa shape index (κ2) is 7.70. The topological polar surface area (TPSA) is 113 Å². The van der Waals surface area contributed by atoms with Gasteiger partial charge in [-0.05, 0) is 24.3 Å². The monoisotopic (exact) mass is 348 g/mol. The molecule has 3 atom stereocenters. The molecule has 22 heavy (non-hydrogen) atoms. The van der Waals surface area contributed by atoms with E-state index in [2.05, 4.69) is 10.0 Å². The number of hydrogen-bond acceptors (Lipinski definition) is 5. The highest BCUT2D eigenvalue weighted by Crippen LogP contribution is 2.16. The van der Waals surface area contributed by atoms with Crippen LogP contribution >= 0.6 is 11.3 Å². The van der Waals surface area contributed by atoms with Gasteiger partial charge in [-0.3, -0.25) is 4.79 Å². The maximum atomic E-state index is 12.0. The van der Waals surface area contributed by atoms with Crippen LogP contribution in [0.1, 0.15) is 27.2 Å². The Labute approximate surface area is 133 Å². The number of nitrogens with one attached hydrogen (secondary N) is 2. The van der Waals surface area contributed by atoms with Crippen LogP contribution in [0.4, 0.5) is 0 Å². The van der Waals surface area contributed by atoms with Gasteiger partial charge in [0.2, 0.25) is 5.91 Å². The molecular weight excluding hydrogens is 328 g/mol. The van der Waals surface area contributed by atoms with Crippen molar-refractivity contribution in [1.29, 1.82) is 0 Å². The van der Waals surface area contributed by atoms with Gasteiger partial charge >= 0.3 is 5.97 Å². The summed E-state index contributed by atoms with van der Waals surface area (Å²) in [7, 11) is -3.78. The third-order valence-electron chi connectivity index (χ3n) is 3.26. The van der Waals surface area contributed by atoms with E-state index in [0.29, 0.717) is 6.42 Å². The molecule has 1 unspecified atom stereocenters. The molecule has 1 heterocycles. The van der Waals surface area contributed by atoms with E-state index in [-0.39, 0.29) is 10.1 Å². The van der Waals surface area contributed by atoms with Gasteiger partial charge in [-0.15, -0.1) is 11.3 Å². The summed E-state index contributed by atoms with van der Waals surface area (Å²) in [5.41, 5.74) is 0. The fourth-order valence-electron chi connectivity index (χ4n) is 1.72. The molecular formula is C13H20N2O5S2. The van der Waals surface area contributed by atoms with E-state index in [9.17, 15) is 18.0 Å². The van der Waals surface area contributed by atoms with E-state index in [0.717, 1.165) is 11.3 Å². The van der Waals surface area contributed by atoms with E-state index in [1.54, 1.807) is 18.4 Å². The number of hydrogen-bond donors (Lipinski definition) is 3. The van der Waals surface area contributed by atoms with Gasteiger partial charge in [0.05, 0.1) is 6.04 Å². The van der Waals surface area contributed by atoms with Gasteiger partial charge in [-0.25, -0.2) is 13.2 Å². The summed E-state index contributed by atoms with van der Waals surface area (Å²) in [4.78, 5) is 23.2. The van der Waals surface area contributed by atoms with Crippen molar-refractivity contribution in [3.05, 3.63) is 17.5 Å². The Bertz CT molecular complexity index is 612. The summed E-state index contributed by atoms with van der Waals surface area (Å²) in [5, 5.41) is 13.1. The number of carboxylic acids is 1. The molecule has 124 valence electrons. The van der Waals surface area contributed by atoms with Gasteiger partial charge in [0.15, 0.2) is 0 Å². The number of amides is 1. The molecule has 0 saturated carbocycles. The molecule has 0 aromatic carbocycles. The zero-order valence-corrected chi connectivity index (χ0v) is 14.2. The van der Waals surface area contributed by atoms with Crippen LogP contribution in [-0.4, -0.2) is 37.5 Å². The van der Waals surface area contributed by atoms with Gasteiger partial charge < -0.3 is 10.4 Å². The van der Waals surface area contributed by atoms with Crippen LogP contribution in [0.25, 0.3) is 0 Å². The first-order chi connectivity index (χ1) is 10.2. The first kappa shape index (κ1) is 18.6. The average Bonchev–Trinajstić information content (AvgIpc) is 2.97. The maximum absolute atomic E-state index is 12.0. The average molecular weight is 348 g/mol. The van der Waals surface area contributed by atoms with Crippen molar-refractivity contribution in [3.63, 3.8) is 0 Å². The SMILES string of the molecule is CC[C@H](C)[C@H](NC(=O)C(C)NS(=O)(=O)c1cccs1)C(=O)O. The zero-order valence-electron chi connectivity index (χ0n) is 12.6. The smallest absolute Gasteiger partial charge is 0.326 e. The minimum atomic E-state index is -3.78. The molecule has 0 spiro atoms. The summed E-state index contributed by atoms with van der Waals surface area (Å²) in [6.07, 6.45) is 0.576. The van der Waals surface area contributed by atoms with E-state index in [4.69, 9.17) is 5.11 Å². The first-order valence-corrected chi connectivity index (χ1v) is 9.14. The Morgan fingerprint density at radius 3 is 2.45 bits per heavy atom. The van der Waals surface area contributed by atoms with Crippen LogP contribution in [-0.2, 0) is 19.6 Å². The summed E-state index contributed by atoms with van der Waals surface area (Å²) < 4.78 is 26.4. The maximum Gasteiger partial charge on any atom is 0.326 e. The van der Waals surface area contributed by atoms with Crippen molar-refractivity contribution in [2.24, 2.45) is 5.92 Å². The van der Waals surface area contributed by atoms with E-state index < -0.39 is 34.0 Å². The molecule has 0 aliphatic heterocycles. The fraction of sp³-hybridized carbons (Fsp3) is 0.538. The highest BCUT2D eigenvalue weighted by atomic mass is 32.2. The van der Waals surface area contributed by atoms with E-state index in [1.165, 1.54) is 13.0 Å². The Morgan fingerprint density at radius 2 is 2.00 bits per heavy atom. The lowest BCUT2D eigenvalue weighted by molar-refractivity contribution is -0.143. The second-order valence-electron chi connectivity index (χ2n) is 4.99. The number of carboxylic acid groups (broad SMARTS) is 1. The predicted octanol–water partition coefficient (Wildman–Crippen LogP) is 1.03. The third kappa shape index (κ3) is 4.79. The molecule has 0 aliphatic carbocycles. The molecule has 3 N–H and O–H groups in total. The standard InChI is InChI=1S/C13H20N2O5S2/c1-4-8(2)11(13(17)18)14-12(16)9(3)15-22(19,20)10-6-5-7-21-10/h5-9,11,15H,4H2,1-3H3,(H,14,16)(H,17,18)/t8-,9?,11-/m0/s1. The third-order valence-corrected chi connectivity index (χ3v) is 6.20. The lowest BCUT2D eigenvalue weighted by Crippen LogP contribution is -2.52. The highest BCUT2D eigenvalue weighted by molar-refractivity contribution is 7.91. The largest absolute Gasteiger partial charge is 0.480 e. The first-order valence-electron chi connectivity index (χ1n) is 6.78. The number of carbonyl (C=O) groups excluding carboxylic acids is 1. The lowest BCUT2D eigenvalue weighted by atomic mass is 9.99. The second-order valence-corrected chi connectivity index (χ2v) is 7.87. The van der Waals surface area contributed by atoms with Crippen molar-refractivity contribution in [2.75, 3.05) is 0 Å². The van der Waals surface area contributed by atoms with Crippen LogP contribution in [0.3, 0.4) is 0 Å². The minimum Gasteiger partial charge on any atom is -0.480 e. The molecule has 1 aromatic rings. The summed E-state index contributed by atoms with van der Waals surface area (Å²) in [6, 6.07) is 0.897. The van der Waals surface area contributed by atoms with Crippen molar-refractivity contribution in [2.45, 2.75) is 43.5 Å². The summed E-state index contributed by atoms with van der Waals surface area (Å²) >= 11 is 1.03. The quantitative estimate of drug-likeness (QED) is 0.649. The van der Waals surface area contributed by atoms with Crippen LogP contribution < -0.4 is 10.0 Å². The van der Waals surface area contributed by atoms with Crippen LogP contribution in [0.15, 0.2) is 21.7 Å². The number of carbonyl (C=O) groups is 2. The summed E-state index contributed by atoms with van der Waals surface area (Å²) in [6.45, 7) is 4.89. The number of sulfonamides is 1. The number of rotatable bonds is 8. The fourth-order valence-corrected chi connectivity index (χ4v) is 3.93. The van der Waals surface area contributed by atoms with Gasteiger partial charge in [-0.1, -0.05) is 26.3 Å². The zero-order chi connectivity index (χ0) is 16.9. The Kier molecular flexibility index (Phi) is 6.51. The molecule has 0 fully saturated rings. The molecule has 1 rings (SSSR count). The van der Waals surface area contributed by atoms with E-state index >= 15 is 0 Å². The molecule has 0 bridgehead atoms.